The van der Waals surface area contributed by atoms with E-state index in [4.69, 9.17) is 0 Å². The summed E-state index contributed by atoms with van der Waals surface area (Å²) in [7, 11) is -4.01. The Hall–Kier alpha value is -3.20. The number of nitrogens with one attached hydrogen (secondary N) is 2. The third-order valence-corrected chi connectivity index (χ3v) is 6.20. The molecule has 0 radical (unpaired) electrons. The van der Waals surface area contributed by atoms with Gasteiger partial charge in [-0.25, -0.2) is 17.8 Å². The summed E-state index contributed by atoms with van der Waals surface area (Å²) in [5.41, 5.74) is 1.90. The normalized spacial score (nSPS) is 14.0. The lowest BCUT2D eigenvalue weighted by Gasteiger charge is -2.17. The van der Waals surface area contributed by atoms with Crippen molar-refractivity contribution >= 4 is 33.2 Å². The molecule has 30 heavy (non-hydrogen) atoms. The van der Waals surface area contributed by atoms with Crippen LogP contribution in [0.25, 0.3) is 0 Å². The smallest absolute Gasteiger partial charge is 0.264 e. The van der Waals surface area contributed by atoms with Gasteiger partial charge in [0.25, 0.3) is 10.0 Å². The predicted octanol–water partition coefficient (Wildman–Crippen LogP) is 4.07. The highest BCUT2D eigenvalue weighted by molar-refractivity contribution is 7.92. The van der Waals surface area contributed by atoms with Gasteiger partial charge in [-0.3, -0.25) is 4.72 Å². The first-order valence-corrected chi connectivity index (χ1v) is 11.1. The molecule has 3 aromatic rings. The molecule has 9 heteroatoms. The molecule has 1 aromatic heterocycles. The van der Waals surface area contributed by atoms with Crippen molar-refractivity contribution in [1.29, 1.82) is 0 Å². The number of hydrogen-bond donors (Lipinski definition) is 2. The number of halogens is 1. The lowest BCUT2D eigenvalue weighted by Crippen LogP contribution is -2.19. The molecule has 2 N–H and O–H groups in total. The summed E-state index contributed by atoms with van der Waals surface area (Å²) in [5, 5.41) is 3.15. The summed E-state index contributed by atoms with van der Waals surface area (Å²) < 4.78 is 41.0. The Morgan fingerprint density at radius 2 is 1.63 bits per heavy atom. The molecule has 156 valence electrons. The quantitative estimate of drug-likeness (QED) is 0.617. The highest BCUT2D eigenvalue weighted by atomic mass is 32.2. The Kier molecular flexibility index (Phi) is 5.54. The molecule has 2 heterocycles. The van der Waals surface area contributed by atoms with Gasteiger partial charge in [0, 0.05) is 36.2 Å². The number of nitrogens with zero attached hydrogens (tertiary/aromatic N) is 3. The highest BCUT2D eigenvalue weighted by Gasteiger charge is 2.18. The molecule has 1 saturated heterocycles. The maximum absolute atomic E-state index is 13.8. The second kappa shape index (κ2) is 8.27. The molecule has 0 bridgehead atoms. The van der Waals surface area contributed by atoms with E-state index in [1.807, 2.05) is 13.0 Å². The van der Waals surface area contributed by atoms with Gasteiger partial charge < -0.3 is 10.2 Å². The summed E-state index contributed by atoms with van der Waals surface area (Å²) in [6, 6.07) is 13.8. The first kappa shape index (κ1) is 20.1. The fourth-order valence-electron chi connectivity index (χ4n) is 3.34. The van der Waals surface area contributed by atoms with E-state index in [0.29, 0.717) is 17.3 Å². The number of sulfonamides is 1. The number of hydrogen-bond acceptors (Lipinski definition) is 6. The molecule has 0 atom stereocenters. The van der Waals surface area contributed by atoms with Gasteiger partial charge in [0.2, 0.25) is 5.95 Å². The van der Waals surface area contributed by atoms with Crippen LogP contribution in [-0.2, 0) is 10.0 Å². The van der Waals surface area contributed by atoms with Crippen molar-refractivity contribution < 1.29 is 12.8 Å². The van der Waals surface area contributed by atoms with Gasteiger partial charge >= 0.3 is 0 Å². The predicted molar refractivity (Wildman–Crippen MR) is 115 cm³/mol. The van der Waals surface area contributed by atoms with E-state index in [1.165, 1.54) is 18.2 Å². The van der Waals surface area contributed by atoms with Crippen molar-refractivity contribution in [3.63, 3.8) is 0 Å². The van der Waals surface area contributed by atoms with Gasteiger partial charge in [0.05, 0.1) is 0 Å². The zero-order valence-corrected chi connectivity index (χ0v) is 17.3. The summed E-state index contributed by atoms with van der Waals surface area (Å²) in [4.78, 5) is 10.9. The minimum Gasteiger partial charge on any atom is -0.356 e. The van der Waals surface area contributed by atoms with Crippen LogP contribution in [0.3, 0.4) is 0 Å². The van der Waals surface area contributed by atoms with E-state index in [9.17, 15) is 12.8 Å². The van der Waals surface area contributed by atoms with Crippen LogP contribution >= 0.6 is 0 Å². The standard InChI is InChI=1S/C21H22FN5O2S/c1-15-14-20(27-12-4-5-13-27)25-21(23-15)24-16-8-10-17(11-9-16)26-30(28,29)19-7-3-2-6-18(19)22/h2-3,6-11,14,26H,4-5,12-13H2,1H3,(H,23,24,25). The lowest BCUT2D eigenvalue weighted by molar-refractivity contribution is 0.570. The molecular formula is C21H22FN5O2S. The molecule has 4 rings (SSSR count). The maximum Gasteiger partial charge on any atom is 0.264 e. The van der Waals surface area contributed by atoms with Crippen LogP contribution in [0.5, 0.6) is 0 Å². The van der Waals surface area contributed by atoms with Gasteiger partial charge in [-0.2, -0.15) is 4.98 Å². The molecule has 2 aromatic carbocycles. The number of aromatic nitrogens is 2. The average Bonchev–Trinajstić information content (AvgIpc) is 3.24. The summed E-state index contributed by atoms with van der Waals surface area (Å²) in [5.74, 6) is 0.585. The largest absolute Gasteiger partial charge is 0.356 e. The zero-order valence-electron chi connectivity index (χ0n) is 16.5. The first-order chi connectivity index (χ1) is 14.4. The number of anilines is 4. The molecule has 0 unspecified atom stereocenters. The van der Waals surface area contributed by atoms with Crippen LogP contribution in [0.2, 0.25) is 0 Å². The third kappa shape index (κ3) is 4.51. The van der Waals surface area contributed by atoms with Gasteiger partial charge in [-0.15, -0.1) is 0 Å². The van der Waals surface area contributed by atoms with Crippen LogP contribution in [-0.4, -0.2) is 31.5 Å². The third-order valence-electron chi connectivity index (χ3n) is 4.79. The topological polar surface area (TPSA) is 87.2 Å². The monoisotopic (exact) mass is 427 g/mol. The second-order valence-electron chi connectivity index (χ2n) is 7.12. The molecule has 7 nitrogen and oxygen atoms in total. The molecule has 1 aliphatic rings. The Bertz CT molecular complexity index is 1150. The molecule has 1 aliphatic heterocycles. The Morgan fingerprint density at radius 3 is 2.33 bits per heavy atom. The van der Waals surface area contributed by atoms with E-state index in [1.54, 1.807) is 24.3 Å². The van der Waals surface area contributed by atoms with Gasteiger partial charge in [-0.1, -0.05) is 12.1 Å². The lowest BCUT2D eigenvalue weighted by atomic mass is 10.3. The number of rotatable bonds is 6. The molecule has 0 aliphatic carbocycles. The average molecular weight is 428 g/mol. The van der Waals surface area contributed by atoms with E-state index >= 15 is 0 Å². The molecule has 1 fully saturated rings. The first-order valence-electron chi connectivity index (χ1n) is 9.66. The van der Waals surface area contributed by atoms with Crippen molar-refractivity contribution in [2.75, 3.05) is 28.0 Å². The van der Waals surface area contributed by atoms with Crippen LogP contribution in [0.4, 0.5) is 27.5 Å². The molecule has 0 saturated carbocycles. The van der Waals surface area contributed by atoms with E-state index < -0.39 is 20.7 Å². The molecule has 0 spiro atoms. The minimum atomic E-state index is -4.01. The van der Waals surface area contributed by atoms with E-state index in [-0.39, 0.29) is 0 Å². The van der Waals surface area contributed by atoms with Gasteiger partial charge in [-0.05, 0) is 56.2 Å². The van der Waals surface area contributed by atoms with E-state index in [0.717, 1.165) is 43.5 Å². The van der Waals surface area contributed by atoms with Gasteiger partial charge in [0.1, 0.15) is 16.5 Å². The Balaban J connectivity index is 1.48. The molecular weight excluding hydrogens is 405 g/mol. The summed E-state index contributed by atoms with van der Waals surface area (Å²) >= 11 is 0. The van der Waals surface area contributed by atoms with Crippen molar-refractivity contribution in [2.24, 2.45) is 0 Å². The van der Waals surface area contributed by atoms with Gasteiger partial charge in [0.15, 0.2) is 0 Å². The number of benzene rings is 2. The van der Waals surface area contributed by atoms with Crippen molar-refractivity contribution in [1.82, 2.24) is 9.97 Å². The molecule has 0 amide bonds. The fraction of sp³-hybridized carbons (Fsp3) is 0.238. The second-order valence-corrected chi connectivity index (χ2v) is 8.77. The highest BCUT2D eigenvalue weighted by Crippen LogP contribution is 2.24. The summed E-state index contributed by atoms with van der Waals surface area (Å²) in [6.45, 7) is 3.91. The summed E-state index contributed by atoms with van der Waals surface area (Å²) in [6.07, 6.45) is 2.33. The SMILES string of the molecule is Cc1cc(N2CCCC2)nc(Nc2ccc(NS(=O)(=O)c3ccccc3F)cc2)n1. The van der Waals surface area contributed by atoms with Crippen molar-refractivity contribution in [3.8, 4) is 0 Å². The Morgan fingerprint density at radius 1 is 0.967 bits per heavy atom. The van der Waals surface area contributed by atoms with Crippen LogP contribution in [0.15, 0.2) is 59.5 Å². The Labute approximate surface area is 175 Å². The van der Waals surface area contributed by atoms with E-state index in [2.05, 4.69) is 24.9 Å². The maximum atomic E-state index is 13.8. The zero-order chi connectivity index (χ0) is 21.1. The van der Waals surface area contributed by atoms with Crippen LogP contribution < -0.4 is 14.9 Å². The van der Waals surface area contributed by atoms with Crippen molar-refractivity contribution in [3.05, 3.63) is 66.1 Å². The number of aryl methyl sites for hydroxylation is 1. The van der Waals surface area contributed by atoms with Crippen LogP contribution in [0, 0.1) is 12.7 Å². The van der Waals surface area contributed by atoms with Crippen molar-refractivity contribution in [2.45, 2.75) is 24.7 Å². The van der Waals surface area contributed by atoms with Crippen LogP contribution in [0.1, 0.15) is 18.5 Å². The minimum absolute atomic E-state index is 0.326. The fourth-order valence-corrected chi connectivity index (χ4v) is 4.48.